The number of carbonyl (C=O) groups excluding carboxylic acids is 1. The third-order valence-electron chi connectivity index (χ3n) is 5.42. The smallest absolute Gasteiger partial charge is 0.274 e. The van der Waals surface area contributed by atoms with Crippen molar-refractivity contribution in [3.8, 4) is 0 Å². The molecule has 2 aromatic heterocycles. The standard InChI is InChI=1S/C19H24N4O2/c1-15-3-4-16(25-15)12-22-10-6-19(13-22)5-2-9-23(14-19)18(24)17-11-20-7-8-21-17/h3-4,7-8,11H,2,5-6,9-10,12-14H2,1H3/t19-/m0/s1. The lowest BCUT2D eigenvalue weighted by Gasteiger charge is -2.40. The third-order valence-corrected chi connectivity index (χ3v) is 5.42. The molecule has 6 heteroatoms. The Balaban J connectivity index is 1.41. The minimum absolute atomic E-state index is 0.00674. The topological polar surface area (TPSA) is 62.5 Å². The third kappa shape index (κ3) is 3.44. The molecule has 4 rings (SSSR count). The van der Waals surface area contributed by atoms with Crippen molar-refractivity contribution in [1.29, 1.82) is 0 Å². The molecule has 2 aromatic rings. The number of furan rings is 1. The molecule has 0 bridgehead atoms. The van der Waals surface area contributed by atoms with Crippen LogP contribution in [0.2, 0.25) is 0 Å². The maximum atomic E-state index is 12.7. The molecule has 2 aliphatic heterocycles. The minimum Gasteiger partial charge on any atom is -0.465 e. The van der Waals surface area contributed by atoms with E-state index in [1.54, 1.807) is 18.6 Å². The van der Waals surface area contributed by atoms with Crippen LogP contribution in [-0.4, -0.2) is 51.9 Å². The Hall–Kier alpha value is -2.21. The van der Waals surface area contributed by atoms with E-state index in [0.717, 1.165) is 57.1 Å². The van der Waals surface area contributed by atoms with E-state index in [4.69, 9.17) is 4.42 Å². The van der Waals surface area contributed by atoms with Gasteiger partial charge in [-0.15, -0.1) is 0 Å². The van der Waals surface area contributed by atoms with Gasteiger partial charge in [0.05, 0.1) is 12.7 Å². The quantitative estimate of drug-likeness (QED) is 0.859. The molecular formula is C19H24N4O2. The Labute approximate surface area is 147 Å². The maximum absolute atomic E-state index is 12.7. The molecular weight excluding hydrogens is 316 g/mol. The van der Waals surface area contributed by atoms with E-state index in [2.05, 4.69) is 20.9 Å². The molecule has 0 aromatic carbocycles. The molecule has 2 fully saturated rings. The average molecular weight is 340 g/mol. The highest BCUT2D eigenvalue weighted by atomic mass is 16.3. The molecule has 0 unspecified atom stereocenters. The number of likely N-dealkylation sites (tertiary alicyclic amines) is 2. The van der Waals surface area contributed by atoms with Crippen LogP contribution in [0.25, 0.3) is 0 Å². The van der Waals surface area contributed by atoms with Gasteiger partial charge in [-0.25, -0.2) is 4.98 Å². The van der Waals surface area contributed by atoms with Gasteiger partial charge in [0.25, 0.3) is 5.91 Å². The van der Waals surface area contributed by atoms with E-state index in [-0.39, 0.29) is 11.3 Å². The molecule has 4 heterocycles. The second kappa shape index (κ2) is 6.59. The Kier molecular flexibility index (Phi) is 4.29. The number of hydrogen-bond donors (Lipinski definition) is 0. The van der Waals surface area contributed by atoms with E-state index in [1.807, 2.05) is 17.9 Å². The largest absolute Gasteiger partial charge is 0.465 e. The lowest BCUT2D eigenvalue weighted by atomic mass is 9.79. The second-order valence-corrected chi connectivity index (χ2v) is 7.39. The molecule has 2 saturated heterocycles. The predicted octanol–water partition coefficient (Wildman–Crippen LogP) is 2.51. The van der Waals surface area contributed by atoms with E-state index in [0.29, 0.717) is 5.69 Å². The van der Waals surface area contributed by atoms with Gasteiger partial charge in [-0.1, -0.05) is 0 Å². The van der Waals surface area contributed by atoms with Gasteiger partial charge in [0.2, 0.25) is 0 Å². The van der Waals surface area contributed by atoms with Crippen molar-refractivity contribution in [3.05, 3.63) is 47.9 Å². The van der Waals surface area contributed by atoms with Gasteiger partial charge < -0.3 is 9.32 Å². The van der Waals surface area contributed by atoms with Crippen LogP contribution in [0.15, 0.2) is 35.1 Å². The number of amides is 1. The fourth-order valence-electron chi connectivity index (χ4n) is 4.24. The van der Waals surface area contributed by atoms with Gasteiger partial charge in [0, 0.05) is 37.4 Å². The zero-order valence-corrected chi connectivity index (χ0v) is 14.6. The summed E-state index contributed by atoms with van der Waals surface area (Å²) >= 11 is 0. The molecule has 0 radical (unpaired) electrons. The van der Waals surface area contributed by atoms with Crippen LogP contribution in [0.4, 0.5) is 0 Å². The molecule has 0 aliphatic carbocycles. The van der Waals surface area contributed by atoms with Crippen LogP contribution in [0, 0.1) is 12.3 Å². The summed E-state index contributed by atoms with van der Waals surface area (Å²) in [6.07, 6.45) is 8.11. The van der Waals surface area contributed by atoms with Gasteiger partial charge in [-0.2, -0.15) is 0 Å². The van der Waals surface area contributed by atoms with Crippen LogP contribution in [0.1, 0.15) is 41.3 Å². The summed E-state index contributed by atoms with van der Waals surface area (Å²) in [5.41, 5.74) is 0.651. The fraction of sp³-hybridized carbons (Fsp3) is 0.526. The van der Waals surface area contributed by atoms with Crippen molar-refractivity contribution < 1.29 is 9.21 Å². The van der Waals surface area contributed by atoms with E-state index >= 15 is 0 Å². The van der Waals surface area contributed by atoms with Crippen molar-refractivity contribution in [2.75, 3.05) is 26.2 Å². The van der Waals surface area contributed by atoms with Crippen molar-refractivity contribution in [2.24, 2.45) is 5.41 Å². The molecule has 1 atom stereocenters. The van der Waals surface area contributed by atoms with Crippen molar-refractivity contribution in [1.82, 2.24) is 19.8 Å². The molecule has 6 nitrogen and oxygen atoms in total. The molecule has 25 heavy (non-hydrogen) atoms. The molecule has 0 N–H and O–H groups in total. The number of aromatic nitrogens is 2. The SMILES string of the molecule is Cc1ccc(CN2CC[C@@]3(CCCN(C(=O)c4cnccn4)C3)C2)o1. The van der Waals surface area contributed by atoms with Crippen LogP contribution in [-0.2, 0) is 6.54 Å². The number of piperidine rings is 1. The van der Waals surface area contributed by atoms with Crippen molar-refractivity contribution >= 4 is 5.91 Å². The number of nitrogens with zero attached hydrogens (tertiary/aromatic N) is 4. The van der Waals surface area contributed by atoms with E-state index in [9.17, 15) is 4.79 Å². The highest BCUT2D eigenvalue weighted by molar-refractivity contribution is 5.92. The minimum atomic E-state index is 0.00674. The van der Waals surface area contributed by atoms with Gasteiger partial charge >= 0.3 is 0 Å². The highest BCUT2D eigenvalue weighted by Crippen LogP contribution is 2.39. The first-order valence-corrected chi connectivity index (χ1v) is 8.97. The molecule has 132 valence electrons. The number of aryl methyl sites for hydroxylation is 1. The fourth-order valence-corrected chi connectivity index (χ4v) is 4.24. The van der Waals surface area contributed by atoms with Crippen LogP contribution in [0.5, 0.6) is 0 Å². The Bertz CT molecular complexity index is 745. The first kappa shape index (κ1) is 16.3. The second-order valence-electron chi connectivity index (χ2n) is 7.39. The lowest BCUT2D eigenvalue weighted by molar-refractivity contribution is 0.0519. The summed E-state index contributed by atoms with van der Waals surface area (Å²) in [5.74, 6) is 1.99. The van der Waals surface area contributed by atoms with Gasteiger partial charge in [0.1, 0.15) is 17.2 Å². The normalized spacial score (nSPS) is 24.1. The highest BCUT2D eigenvalue weighted by Gasteiger charge is 2.42. The van der Waals surface area contributed by atoms with E-state index < -0.39 is 0 Å². The van der Waals surface area contributed by atoms with Crippen LogP contribution >= 0.6 is 0 Å². The van der Waals surface area contributed by atoms with Crippen molar-refractivity contribution in [3.63, 3.8) is 0 Å². The molecule has 2 aliphatic rings. The van der Waals surface area contributed by atoms with Gasteiger partial charge in [-0.3, -0.25) is 14.7 Å². The Morgan fingerprint density at radius 1 is 1.24 bits per heavy atom. The van der Waals surface area contributed by atoms with Crippen molar-refractivity contribution in [2.45, 2.75) is 32.7 Å². The van der Waals surface area contributed by atoms with Gasteiger partial charge in [-0.05, 0) is 44.9 Å². The maximum Gasteiger partial charge on any atom is 0.274 e. The summed E-state index contributed by atoms with van der Waals surface area (Å²) in [7, 11) is 0. The first-order chi connectivity index (χ1) is 12.1. The summed E-state index contributed by atoms with van der Waals surface area (Å²) in [6.45, 7) is 6.55. The average Bonchev–Trinajstić information content (AvgIpc) is 3.21. The monoisotopic (exact) mass is 340 g/mol. The summed E-state index contributed by atoms with van der Waals surface area (Å²) in [6, 6.07) is 4.08. The molecule has 1 spiro atoms. The number of hydrogen-bond acceptors (Lipinski definition) is 5. The van der Waals surface area contributed by atoms with Crippen LogP contribution < -0.4 is 0 Å². The summed E-state index contributed by atoms with van der Waals surface area (Å²) in [4.78, 5) is 25.3. The zero-order chi connectivity index (χ0) is 17.3. The van der Waals surface area contributed by atoms with Gasteiger partial charge in [0.15, 0.2) is 0 Å². The summed E-state index contributed by atoms with van der Waals surface area (Å²) < 4.78 is 5.72. The number of carbonyl (C=O) groups is 1. The molecule has 0 saturated carbocycles. The van der Waals surface area contributed by atoms with Crippen LogP contribution in [0.3, 0.4) is 0 Å². The lowest BCUT2D eigenvalue weighted by Crippen LogP contribution is -2.47. The number of rotatable bonds is 3. The summed E-state index contributed by atoms with van der Waals surface area (Å²) in [5, 5.41) is 0. The zero-order valence-electron chi connectivity index (χ0n) is 14.6. The van der Waals surface area contributed by atoms with E-state index in [1.165, 1.54) is 6.42 Å². The Morgan fingerprint density at radius 2 is 2.16 bits per heavy atom. The Morgan fingerprint density at radius 3 is 2.92 bits per heavy atom. The predicted molar refractivity (Wildman–Crippen MR) is 92.9 cm³/mol. The first-order valence-electron chi connectivity index (χ1n) is 8.97. The molecule has 1 amide bonds.